The highest BCUT2D eigenvalue weighted by atomic mass is 79.9. The molecule has 0 unspecified atom stereocenters. The highest BCUT2D eigenvalue weighted by Crippen LogP contribution is 2.32. The van der Waals surface area contributed by atoms with Gasteiger partial charge in [-0.2, -0.15) is 0 Å². The lowest BCUT2D eigenvalue weighted by Gasteiger charge is -2.09. The average Bonchev–Trinajstić information content (AvgIpc) is 2.39. The summed E-state index contributed by atoms with van der Waals surface area (Å²) in [6, 6.07) is 3.56. The minimum absolute atomic E-state index is 0.247. The predicted molar refractivity (Wildman–Crippen MR) is 88.5 cm³/mol. The molecule has 0 amide bonds. The molecular weight excluding hydrogens is 316 g/mol. The van der Waals surface area contributed by atoms with Crippen molar-refractivity contribution < 1.29 is 9.84 Å². The highest BCUT2D eigenvalue weighted by Gasteiger charge is 2.07. The van der Waals surface area contributed by atoms with E-state index in [2.05, 4.69) is 48.9 Å². The van der Waals surface area contributed by atoms with Gasteiger partial charge in [0.2, 0.25) is 0 Å². The van der Waals surface area contributed by atoms with Crippen LogP contribution >= 0.6 is 15.9 Å². The number of rotatable bonds is 6. The molecule has 1 aromatic carbocycles. The van der Waals surface area contributed by atoms with Crippen LogP contribution in [0.3, 0.4) is 0 Å². The van der Waals surface area contributed by atoms with Crippen molar-refractivity contribution in [2.24, 2.45) is 0 Å². The van der Waals surface area contributed by atoms with E-state index in [1.54, 1.807) is 19.2 Å². The Balaban J connectivity index is 2.73. The molecule has 0 saturated carbocycles. The van der Waals surface area contributed by atoms with Crippen molar-refractivity contribution in [1.82, 2.24) is 0 Å². The zero-order valence-corrected chi connectivity index (χ0v) is 14.3. The smallest absolute Gasteiger partial charge is 0.130 e. The Kier molecular flexibility index (Phi) is 6.86. The molecule has 0 bridgehead atoms. The highest BCUT2D eigenvalue weighted by molar-refractivity contribution is 9.10. The van der Waals surface area contributed by atoms with Crippen LogP contribution < -0.4 is 4.74 Å². The molecule has 0 heterocycles. The van der Waals surface area contributed by atoms with Crippen LogP contribution in [-0.2, 0) is 6.42 Å². The normalized spacial score (nSPS) is 11.3. The first-order chi connectivity index (χ1) is 9.43. The van der Waals surface area contributed by atoms with Gasteiger partial charge < -0.3 is 9.84 Å². The van der Waals surface area contributed by atoms with Gasteiger partial charge in [0, 0.05) is 5.56 Å². The maximum atomic E-state index is 9.76. The lowest BCUT2D eigenvalue weighted by molar-refractivity contribution is 0.407. The third-order valence-corrected chi connectivity index (χ3v) is 3.75. The van der Waals surface area contributed by atoms with Crippen molar-refractivity contribution in [3.8, 4) is 11.5 Å². The summed E-state index contributed by atoms with van der Waals surface area (Å²) in [5.74, 6) is 1.04. The number of aromatic hydroxyl groups is 1. The largest absolute Gasteiger partial charge is 0.507 e. The van der Waals surface area contributed by atoms with Crippen molar-refractivity contribution in [2.75, 3.05) is 7.11 Å². The fourth-order valence-electron chi connectivity index (χ4n) is 1.91. The van der Waals surface area contributed by atoms with Crippen LogP contribution in [-0.4, -0.2) is 12.2 Å². The standard InChI is InChI=1S/C17H23BrO2/c1-12(2)6-5-7-13(3)8-9-14-10-16(19)15(18)11-17(14)20-4/h6,8,10-11,19H,5,7,9H2,1-4H3/b13-8+. The van der Waals surface area contributed by atoms with Crippen molar-refractivity contribution in [3.05, 3.63) is 45.5 Å². The molecule has 2 nitrogen and oxygen atoms in total. The molecule has 0 radical (unpaired) electrons. The number of ether oxygens (including phenoxy) is 1. The lowest BCUT2D eigenvalue weighted by Crippen LogP contribution is -1.92. The third-order valence-electron chi connectivity index (χ3n) is 3.11. The Hall–Kier alpha value is -1.22. The fraction of sp³-hybridized carbons (Fsp3) is 0.412. The Morgan fingerprint density at radius 2 is 1.95 bits per heavy atom. The summed E-state index contributed by atoms with van der Waals surface area (Å²) in [7, 11) is 1.65. The van der Waals surface area contributed by atoms with Gasteiger partial charge in [-0.3, -0.25) is 0 Å². The molecule has 0 aliphatic carbocycles. The maximum absolute atomic E-state index is 9.76. The number of hydrogen-bond donors (Lipinski definition) is 1. The molecule has 0 aromatic heterocycles. The summed E-state index contributed by atoms with van der Waals surface area (Å²) in [6.45, 7) is 6.38. The molecule has 110 valence electrons. The zero-order valence-electron chi connectivity index (χ0n) is 12.7. The average molecular weight is 339 g/mol. The quantitative estimate of drug-likeness (QED) is 0.703. The van der Waals surface area contributed by atoms with Crippen molar-refractivity contribution >= 4 is 15.9 Å². The molecule has 1 N–H and O–H groups in total. The van der Waals surface area contributed by atoms with Gasteiger partial charge in [-0.25, -0.2) is 0 Å². The van der Waals surface area contributed by atoms with E-state index in [1.807, 2.05) is 0 Å². The summed E-state index contributed by atoms with van der Waals surface area (Å²) >= 11 is 3.30. The molecule has 0 fully saturated rings. The second kappa shape index (κ2) is 8.15. The van der Waals surface area contributed by atoms with Gasteiger partial charge >= 0.3 is 0 Å². The number of hydrogen-bond acceptors (Lipinski definition) is 2. The van der Waals surface area contributed by atoms with E-state index in [-0.39, 0.29) is 5.75 Å². The number of benzene rings is 1. The van der Waals surface area contributed by atoms with E-state index in [0.29, 0.717) is 4.47 Å². The van der Waals surface area contributed by atoms with Gasteiger partial charge in [-0.05, 0) is 68.1 Å². The van der Waals surface area contributed by atoms with Crippen LogP contribution in [0, 0.1) is 0 Å². The van der Waals surface area contributed by atoms with Crippen molar-refractivity contribution in [1.29, 1.82) is 0 Å². The third kappa shape index (κ3) is 5.41. The Morgan fingerprint density at radius 1 is 1.25 bits per heavy atom. The molecule has 0 aliphatic rings. The minimum Gasteiger partial charge on any atom is -0.507 e. The summed E-state index contributed by atoms with van der Waals surface area (Å²) < 4.78 is 6.00. The van der Waals surface area contributed by atoms with Crippen LogP contribution in [0.4, 0.5) is 0 Å². The lowest BCUT2D eigenvalue weighted by atomic mass is 10.1. The Morgan fingerprint density at radius 3 is 2.55 bits per heavy atom. The van der Waals surface area contributed by atoms with Crippen molar-refractivity contribution in [2.45, 2.75) is 40.0 Å². The van der Waals surface area contributed by atoms with Crippen LogP contribution in [0.15, 0.2) is 39.9 Å². The Labute approximate surface area is 130 Å². The molecule has 0 atom stereocenters. The first-order valence-corrected chi connectivity index (χ1v) is 7.57. The van der Waals surface area contributed by atoms with E-state index in [0.717, 1.165) is 30.6 Å². The monoisotopic (exact) mass is 338 g/mol. The van der Waals surface area contributed by atoms with E-state index < -0.39 is 0 Å². The molecule has 0 saturated heterocycles. The number of methoxy groups -OCH3 is 1. The maximum Gasteiger partial charge on any atom is 0.130 e. The van der Waals surface area contributed by atoms with Gasteiger partial charge in [0.15, 0.2) is 0 Å². The summed E-state index contributed by atoms with van der Waals surface area (Å²) in [5.41, 5.74) is 3.71. The molecule has 20 heavy (non-hydrogen) atoms. The van der Waals surface area contributed by atoms with E-state index in [4.69, 9.17) is 4.74 Å². The first kappa shape index (κ1) is 16.8. The summed E-state index contributed by atoms with van der Waals surface area (Å²) in [6.07, 6.45) is 7.36. The number of phenolic OH excluding ortho intramolecular Hbond substituents is 1. The van der Waals surface area contributed by atoms with Gasteiger partial charge in [-0.1, -0.05) is 23.3 Å². The molecule has 0 aliphatic heterocycles. The van der Waals surface area contributed by atoms with Crippen LogP contribution in [0.25, 0.3) is 0 Å². The van der Waals surface area contributed by atoms with Gasteiger partial charge in [0.1, 0.15) is 11.5 Å². The summed E-state index contributed by atoms with van der Waals surface area (Å²) in [4.78, 5) is 0. The number of allylic oxidation sites excluding steroid dienone is 4. The first-order valence-electron chi connectivity index (χ1n) is 6.78. The van der Waals surface area contributed by atoms with Crippen LogP contribution in [0.1, 0.15) is 39.2 Å². The zero-order chi connectivity index (χ0) is 15.1. The van der Waals surface area contributed by atoms with Crippen LogP contribution in [0.5, 0.6) is 11.5 Å². The second-order valence-electron chi connectivity index (χ2n) is 5.19. The van der Waals surface area contributed by atoms with Crippen LogP contribution in [0.2, 0.25) is 0 Å². The second-order valence-corrected chi connectivity index (χ2v) is 6.04. The molecular formula is C17H23BrO2. The number of halogens is 1. The number of phenols is 1. The molecule has 1 aromatic rings. The van der Waals surface area contributed by atoms with Gasteiger partial charge in [0.25, 0.3) is 0 Å². The van der Waals surface area contributed by atoms with Gasteiger partial charge in [0.05, 0.1) is 11.6 Å². The predicted octanol–water partition coefficient (Wildman–Crippen LogP) is 5.40. The minimum atomic E-state index is 0.247. The van der Waals surface area contributed by atoms with Crippen molar-refractivity contribution in [3.63, 3.8) is 0 Å². The van der Waals surface area contributed by atoms with E-state index >= 15 is 0 Å². The van der Waals surface area contributed by atoms with E-state index in [1.165, 1.54) is 11.1 Å². The SMILES string of the molecule is COc1cc(Br)c(O)cc1C/C=C(\C)CCC=C(C)C. The molecule has 3 heteroatoms. The Bertz CT molecular complexity index is 512. The fourth-order valence-corrected chi connectivity index (χ4v) is 2.23. The topological polar surface area (TPSA) is 29.5 Å². The van der Waals surface area contributed by atoms with E-state index in [9.17, 15) is 5.11 Å². The molecule has 1 rings (SSSR count). The summed E-state index contributed by atoms with van der Waals surface area (Å²) in [5, 5.41) is 9.76. The van der Waals surface area contributed by atoms with Gasteiger partial charge in [-0.15, -0.1) is 0 Å². The molecule has 0 spiro atoms.